The minimum Gasteiger partial charge on any atom is -0.491 e. The number of rotatable bonds is 15. The third-order valence-electron chi connectivity index (χ3n) is 8.08. The Hall–Kier alpha value is -2.23. The van der Waals surface area contributed by atoms with E-state index in [1.54, 1.807) is 0 Å². The van der Waals surface area contributed by atoms with Gasteiger partial charge in [-0.2, -0.15) is 0 Å². The van der Waals surface area contributed by atoms with E-state index in [1.807, 2.05) is 30.3 Å². The third-order valence-corrected chi connectivity index (χ3v) is 8.08. The Bertz CT molecular complexity index is 922. The summed E-state index contributed by atoms with van der Waals surface area (Å²) < 4.78 is 35.4. The van der Waals surface area contributed by atoms with Gasteiger partial charge in [0.15, 0.2) is 12.6 Å². The van der Waals surface area contributed by atoms with Gasteiger partial charge >= 0.3 is 5.97 Å². The number of esters is 1. The zero-order valence-corrected chi connectivity index (χ0v) is 24.4. The van der Waals surface area contributed by atoms with Crippen LogP contribution in [0.25, 0.3) is 0 Å². The summed E-state index contributed by atoms with van der Waals surface area (Å²) >= 11 is 0. The molecule has 4 rings (SSSR count). The van der Waals surface area contributed by atoms with Crippen molar-refractivity contribution < 1.29 is 38.3 Å². The second kappa shape index (κ2) is 17.7. The first-order valence-corrected chi connectivity index (χ1v) is 15.4. The van der Waals surface area contributed by atoms with Gasteiger partial charge in [-0.1, -0.05) is 42.5 Å². The molecule has 7 atom stereocenters. The van der Waals surface area contributed by atoms with Gasteiger partial charge in [0.05, 0.1) is 19.3 Å². The van der Waals surface area contributed by atoms with Crippen LogP contribution in [0.3, 0.4) is 0 Å². The minimum atomic E-state index is -0.487. The number of hydrogen-bond acceptors (Lipinski definition) is 8. The fourth-order valence-electron chi connectivity index (χ4n) is 5.78. The molecule has 41 heavy (non-hydrogen) atoms. The molecule has 1 N–H and O–H groups in total. The van der Waals surface area contributed by atoms with E-state index in [0.717, 1.165) is 63.5 Å². The second-order valence-corrected chi connectivity index (χ2v) is 11.2. The van der Waals surface area contributed by atoms with Gasteiger partial charge in [0.1, 0.15) is 18.5 Å². The molecule has 2 aliphatic heterocycles. The van der Waals surface area contributed by atoms with Gasteiger partial charge in [0, 0.05) is 32.0 Å². The van der Waals surface area contributed by atoms with E-state index < -0.39 is 6.10 Å². The molecule has 0 radical (unpaired) electrons. The van der Waals surface area contributed by atoms with Crippen LogP contribution < -0.4 is 4.74 Å². The van der Waals surface area contributed by atoms with Crippen molar-refractivity contribution >= 4 is 5.97 Å². The van der Waals surface area contributed by atoms with Crippen molar-refractivity contribution in [3.05, 3.63) is 54.6 Å². The Morgan fingerprint density at radius 2 is 1.80 bits per heavy atom. The number of carbonyl (C=O) groups is 1. The first-order valence-electron chi connectivity index (χ1n) is 15.4. The van der Waals surface area contributed by atoms with Crippen molar-refractivity contribution in [2.24, 2.45) is 11.8 Å². The first kappa shape index (κ1) is 31.7. The van der Waals surface area contributed by atoms with E-state index in [0.29, 0.717) is 32.7 Å². The summed E-state index contributed by atoms with van der Waals surface area (Å²) in [5, 5.41) is 11.1. The predicted octanol–water partition coefficient (Wildman–Crippen LogP) is 5.73. The van der Waals surface area contributed by atoms with Gasteiger partial charge in [0.2, 0.25) is 0 Å². The monoisotopic (exact) mass is 572 g/mol. The van der Waals surface area contributed by atoms with Crippen LogP contribution in [-0.2, 0) is 28.5 Å². The zero-order valence-electron chi connectivity index (χ0n) is 24.4. The van der Waals surface area contributed by atoms with Crippen LogP contribution in [-0.4, -0.2) is 68.9 Å². The van der Waals surface area contributed by atoms with Crippen LogP contribution in [0.15, 0.2) is 54.6 Å². The maximum Gasteiger partial charge on any atom is 0.305 e. The Morgan fingerprint density at radius 1 is 1.05 bits per heavy atom. The minimum absolute atomic E-state index is 0.00156. The average Bonchev–Trinajstić information content (AvgIpc) is 3.30. The fraction of sp³-hybridized carbons (Fsp3) is 0.667. The first-order chi connectivity index (χ1) is 20.1. The van der Waals surface area contributed by atoms with Crippen LogP contribution in [0, 0.1) is 11.8 Å². The number of carbonyl (C=O) groups excluding carboxylic acids is 1. The lowest BCUT2D eigenvalue weighted by atomic mass is 9.89. The normalized spacial score (nSPS) is 29.6. The van der Waals surface area contributed by atoms with Crippen LogP contribution in [0.4, 0.5) is 0 Å². The molecule has 8 nitrogen and oxygen atoms in total. The SMILES string of the molecule is COC(=O)CCCC=CC[C@@H]1[C@@H](C=C[C@H](COc2ccccc2)OC2CCCCO2)[C@H](OC2CCCCO2)C[C@H]1O. The molecule has 3 fully saturated rings. The Kier molecular flexibility index (Phi) is 13.7. The summed E-state index contributed by atoms with van der Waals surface area (Å²) in [5.41, 5.74) is 0. The van der Waals surface area contributed by atoms with Crippen molar-refractivity contribution in [1.29, 1.82) is 0 Å². The van der Waals surface area contributed by atoms with E-state index in [1.165, 1.54) is 7.11 Å². The van der Waals surface area contributed by atoms with Crippen molar-refractivity contribution in [3.8, 4) is 5.75 Å². The van der Waals surface area contributed by atoms with E-state index in [9.17, 15) is 9.90 Å². The molecule has 0 aromatic heterocycles. The molecule has 2 heterocycles. The Morgan fingerprint density at radius 3 is 2.51 bits per heavy atom. The second-order valence-electron chi connectivity index (χ2n) is 11.2. The molecule has 1 aromatic rings. The fourth-order valence-corrected chi connectivity index (χ4v) is 5.78. The molecule has 2 saturated heterocycles. The number of hydrogen-bond donors (Lipinski definition) is 1. The van der Waals surface area contributed by atoms with Crippen LogP contribution in [0.2, 0.25) is 0 Å². The standard InChI is InChI=1S/C33H48O8/c1-36-31(35)16-8-3-2-7-15-27-28(30(23-29(27)34)41-33-18-10-12-22-38-33)20-19-26(40-32-17-9-11-21-37-32)24-39-25-13-5-4-6-14-25/h2,4-7,13-14,19-20,26-30,32-34H,3,8-12,15-18,21-24H2,1H3/t26-,27-,28-,29-,30-,32?,33?/m1/s1. The highest BCUT2D eigenvalue weighted by atomic mass is 16.7. The van der Waals surface area contributed by atoms with Gasteiger partial charge < -0.3 is 33.5 Å². The molecule has 2 unspecified atom stereocenters. The lowest BCUT2D eigenvalue weighted by molar-refractivity contribution is -0.193. The van der Waals surface area contributed by atoms with Crippen molar-refractivity contribution in [2.75, 3.05) is 26.9 Å². The number of ether oxygens (including phenoxy) is 6. The van der Waals surface area contributed by atoms with Gasteiger partial charge in [0.25, 0.3) is 0 Å². The number of aliphatic hydroxyl groups excluding tert-OH is 1. The molecule has 8 heteroatoms. The third kappa shape index (κ3) is 10.8. The largest absolute Gasteiger partial charge is 0.491 e. The molecular formula is C33H48O8. The van der Waals surface area contributed by atoms with Crippen LogP contribution >= 0.6 is 0 Å². The number of unbranched alkanes of at least 4 members (excludes halogenated alkanes) is 1. The summed E-state index contributed by atoms with van der Waals surface area (Å²) in [6, 6.07) is 9.74. The van der Waals surface area contributed by atoms with Crippen molar-refractivity contribution in [3.63, 3.8) is 0 Å². The number of allylic oxidation sites excluding steroid dienone is 2. The molecule has 0 spiro atoms. The number of methoxy groups -OCH3 is 1. The van der Waals surface area contributed by atoms with Gasteiger partial charge in [-0.05, 0) is 75.8 Å². The molecule has 1 saturated carbocycles. The smallest absolute Gasteiger partial charge is 0.305 e. The van der Waals surface area contributed by atoms with E-state index >= 15 is 0 Å². The summed E-state index contributed by atoms with van der Waals surface area (Å²) in [6.07, 6.45) is 16.3. The van der Waals surface area contributed by atoms with E-state index in [4.69, 9.17) is 28.4 Å². The lowest BCUT2D eigenvalue weighted by Gasteiger charge is -2.30. The predicted molar refractivity (Wildman–Crippen MR) is 155 cm³/mol. The maximum atomic E-state index is 11.4. The molecule has 0 bridgehead atoms. The van der Waals surface area contributed by atoms with E-state index in [2.05, 4.69) is 24.3 Å². The van der Waals surface area contributed by atoms with Crippen molar-refractivity contribution in [2.45, 2.75) is 102 Å². The Labute approximate surface area is 245 Å². The maximum absolute atomic E-state index is 11.4. The highest BCUT2D eigenvalue weighted by Crippen LogP contribution is 2.39. The average molecular weight is 573 g/mol. The zero-order chi connectivity index (χ0) is 28.7. The summed E-state index contributed by atoms with van der Waals surface area (Å²) in [6.45, 7) is 1.78. The van der Waals surface area contributed by atoms with Crippen molar-refractivity contribution in [1.82, 2.24) is 0 Å². The van der Waals surface area contributed by atoms with Gasteiger partial charge in [-0.25, -0.2) is 0 Å². The number of benzene rings is 1. The number of aliphatic hydroxyl groups is 1. The van der Waals surface area contributed by atoms with Crippen LogP contribution in [0.1, 0.15) is 70.6 Å². The summed E-state index contributed by atoms with van der Waals surface area (Å²) in [7, 11) is 1.41. The lowest BCUT2D eigenvalue weighted by Crippen LogP contribution is -2.32. The van der Waals surface area contributed by atoms with Gasteiger partial charge in [-0.15, -0.1) is 0 Å². The quantitative estimate of drug-likeness (QED) is 0.162. The molecule has 1 aromatic carbocycles. The molecule has 228 valence electrons. The van der Waals surface area contributed by atoms with E-state index in [-0.39, 0.29) is 42.6 Å². The number of para-hydroxylation sites is 1. The molecular weight excluding hydrogens is 524 g/mol. The summed E-state index contributed by atoms with van der Waals surface area (Å²) in [4.78, 5) is 11.4. The molecule has 3 aliphatic rings. The van der Waals surface area contributed by atoms with Crippen LogP contribution in [0.5, 0.6) is 5.75 Å². The molecule has 1 aliphatic carbocycles. The van der Waals surface area contributed by atoms with Gasteiger partial charge in [-0.3, -0.25) is 4.79 Å². The summed E-state index contributed by atoms with van der Waals surface area (Å²) in [5.74, 6) is 0.594. The topological polar surface area (TPSA) is 92.7 Å². The Balaban J connectivity index is 1.43. The molecule has 0 amide bonds. The highest BCUT2D eigenvalue weighted by Gasteiger charge is 2.42. The highest BCUT2D eigenvalue weighted by molar-refractivity contribution is 5.69.